The molecule has 3 atom stereocenters. The molecule has 0 spiro atoms. The van der Waals surface area contributed by atoms with Crippen LogP contribution in [0.15, 0.2) is 0 Å². The maximum atomic E-state index is 9.19. The van der Waals surface area contributed by atoms with Gasteiger partial charge in [0.15, 0.2) is 12.6 Å². The zero-order valence-electron chi connectivity index (χ0n) is 10.0. The van der Waals surface area contributed by atoms with E-state index >= 15 is 0 Å². The Morgan fingerprint density at radius 1 is 1.47 bits per heavy atom. The van der Waals surface area contributed by atoms with Gasteiger partial charge in [-0.3, -0.25) is 0 Å². The minimum absolute atomic E-state index is 0.0194. The number of rotatable bonds is 4. The molecular formula is C11H22O4. The van der Waals surface area contributed by atoms with E-state index in [1.54, 1.807) is 0 Å². The van der Waals surface area contributed by atoms with Gasteiger partial charge in [-0.1, -0.05) is 20.8 Å². The van der Waals surface area contributed by atoms with Crippen molar-refractivity contribution in [2.45, 2.75) is 52.8 Å². The summed E-state index contributed by atoms with van der Waals surface area (Å²) < 4.78 is 16.2. The Balaban J connectivity index is 2.33. The van der Waals surface area contributed by atoms with Crippen molar-refractivity contribution in [3.05, 3.63) is 0 Å². The smallest absolute Gasteiger partial charge is 0.184 e. The highest BCUT2D eigenvalue weighted by Gasteiger charge is 2.27. The Morgan fingerprint density at radius 2 is 2.13 bits per heavy atom. The van der Waals surface area contributed by atoms with Gasteiger partial charge in [0.1, 0.15) is 6.61 Å². The molecular weight excluding hydrogens is 196 g/mol. The molecule has 0 aromatic carbocycles. The number of aliphatic hydroxyl groups is 1. The fourth-order valence-corrected chi connectivity index (χ4v) is 1.63. The van der Waals surface area contributed by atoms with Crippen molar-refractivity contribution < 1.29 is 19.3 Å². The SMILES string of the molecule is CC1OCC(OC(CO)CC(C)(C)C)O1. The molecule has 1 heterocycles. The lowest BCUT2D eigenvalue weighted by Gasteiger charge is -2.26. The van der Waals surface area contributed by atoms with E-state index in [2.05, 4.69) is 20.8 Å². The maximum Gasteiger partial charge on any atom is 0.184 e. The van der Waals surface area contributed by atoms with Crippen molar-refractivity contribution in [1.29, 1.82) is 0 Å². The van der Waals surface area contributed by atoms with Crippen LogP contribution >= 0.6 is 0 Å². The van der Waals surface area contributed by atoms with Gasteiger partial charge in [-0.15, -0.1) is 0 Å². The summed E-state index contributed by atoms with van der Waals surface area (Å²) in [4.78, 5) is 0. The minimum atomic E-state index is -0.334. The third-order valence-electron chi connectivity index (χ3n) is 2.20. The van der Waals surface area contributed by atoms with E-state index in [0.717, 1.165) is 6.42 Å². The topological polar surface area (TPSA) is 47.9 Å². The summed E-state index contributed by atoms with van der Waals surface area (Å²) >= 11 is 0. The minimum Gasteiger partial charge on any atom is -0.394 e. The number of hydrogen-bond donors (Lipinski definition) is 1. The molecule has 3 unspecified atom stereocenters. The molecule has 90 valence electrons. The van der Waals surface area contributed by atoms with E-state index in [4.69, 9.17) is 14.2 Å². The molecule has 1 fully saturated rings. The lowest BCUT2D eigenvalue weighted by Crippen LogP contribution is -2.30. The normalized spacial score (nSPS) is 29.4. The maximum absolute atomic E-state index is 9.19. The van der Waals surface area contributed by atoms with Crippen LogP contribution in [0.25, 0.3) is 0 Å². The summed E-state index contributed by atoms with van der Waals surface area (Å²) in [6, 6.07) is 0. The first-order valence-corrected chi connectivity index (χ1v) is 5.44. The van der Waals surface area contributed by atoms with Crippen molar-refractivity contribution in [1.82, 2.24) is 0 Å². The van der Waals surface area contributed by atoms with Crippen LogP contribution in [0.4, 0.5) is 0 Å². The Kier molecular flexibility index (Phi) is 4.52. The highest BCUT2D eigenvalue weighted by Crippen LogP contribution is 2.24. The molecule has 0 aromatic heterocycles. The Hall–Kier alpha value is -0.160. The Morgan fingerprint density at radius 3 is 2.53 bits per heavy atom. The summed E-state index contributed by atoms with van der Waals surface area (Å²) in [7, 11) is 0. The average molecular weight is 218 g/mol. The molecule has 0 aromatic rings. The van der Waals surface area contributed by atoms with Gasteiger partial charge >= 0.3 is 0 Å². The van der Waals surface area contributed by atoms with Crippen LogP contribution < -0.4 is 0 Å². The molecule has 0 radical (unpaired) electrons. The predicted octanol–water partition coefficient (Wildman–Crippen LogP) is 1.52. The zero-order valence-corrected chi connectivity index (χ0v) is 10.0. The van der Waals surface area contributed by atoms with Crippen LogP contribution in [0.5, 0.6) is 0 Å². The van der Waals surface area contributed by atoms with Crippen LogP contribution in [0.2, 0.25) is 0 Å². The highest BCUT2D eigenvalue weighted by molar-refractivity contribution is 4.70. The fourth-order valence-electron chi connectivity index (χ4n) is 1.63. The van der Waals surface area contributed by atoms with Gasteiger partial charge in [0, 0.05) is 0 Å². The van der Waals surface area contributed by atoms with Gasteiger partial charge in [-0.2, -0.15) is 0 Å². The third-order valence-corrected chi connectivity index (χ3v) is 2.20. The summed E-state index contributed by atoms with van der Waals surface area (Å²) in [5.74, 6) is 0. The molecule has 1 N–H and O–H groups in total. The molecule has 0 bridgehead atoms. The molecule has 15 heavy (non-hydrogen) atoms. The number of hydrogen-bond acceptors (Lipinski definition) is 4. The van der Waals surface area contributed by atoms with Gasteiger partial charge < -0.3 is 19.3 Å². The zero-order chi connectivity index (χ0) is 11.5. The average Bonchev–Trinajstić information content (AvgIpc) is 2.47. The van der Waals surface area contributed by atoms with E-state index < -0.39 is 0 Å². The van der Waals surface area contributed by atoms with Crippen molar-refractivity contribution in [2.24, 2.45) is 5.41 Å². The van der Waals surface area contributed by atoms with Crippen molar-refractivity contribution in [3.8, 4) is 0 Å². The molecule has 0 amide bonds. The molecule has 0 aliphatic carbocycles. The second kappa shape index (κ2) is 5.25. The van der Waals surface area contributed by atoms with Crippen LogP contribution in [0.1, 0.15) is 34.1 Å². The lowest BCUT2D eigenvalue weighted by atomic mass is 9.89. The first-order chi connectivity index (χ1) is 6.90. The predicted molar refractivity (Wildman–Crippen MR) is 56.3 cm³/mol. The van der Waals surface area contributed by atoms with Crippen LogP contribution in [0, 0.1) is 5.41 Å². The van der Waals surface area contributed by atoms with Gasteiger partial charge in [-0.25, -0.2) is 0 Å². The lowest BCUT2D eigenvalue weighted by molar-refractivity contribution is -0.174. The largest absolute Gasteiger partial charge is 0.394 e. The van der Waals surface area contributed by atoms with E-state index in [9.17, 15) is 5.11 Å². The summed E-state index contributed by atoms with van der Waals surface area (Å²) in [6.45, 7) is 8.66. The molecule has 1 aliphatic heterocycles. The first kappa shape index (κ1) is 12.9. The van der Waals surface area contributed by atoms with Crippen molar-refractivity contribution in [2.75, 3.05) is 13.2 Å². The molecule has 1 saturated heterocycles. The summed E-state index contributed by atoms with van der Waals surface area (Å²) in [6.07, 6.45) is 0.0879. The van der Waals surface area contributed by atoms with E-state index in [0.29, 0.717) is 6.61 Å². The van der Waals surface area contributed by atoms with Crippen LogP contribution in [-0.2, 0) is 14.2 Å². The highest BCUT2D eigenvalue weighted by atomic mass is 16.8. The van der Waals surface area contributed by atoms with Gasteiger partial charge in [0.05, 0.1) is 12.7 Å². The summed E-state index contributed by atoms with van der Waals surface area (Å²) in [5, 5.41) is 9.19. The van der Waals surface area contributed by atoms with Crippen LogP contribution in [0.3, 0.4) is 0 Å². The quantitative estimate of drug-likeness (QED) is 0.777. The Bertz CT molecular complexity index is 188. The van der Waals surface area contributed by atoms with E-state index in [1.165, 1.54) is 0 Å². The monoisotopic (exact) mass is 218 g/mol. The third kappa shape index (κ3) is 4.93. The molecule has 0 saturated carbocycles. The Labute approximate surface area is 91.5 Å². The van der Waals surface area contributed by atoms with Gasteiger partial charge in [0.25, 0.3) is 0 Å². The molecule has 1 aliphatic rings. The fraction of sp³-hybridized carbons (Fsp3) is 1.00. The summed E-state index contributed by atoms with van der Waals surface area (Å²) in [5.41, 5.74) is 0.137. The van der Waals surface area contributed by atoms with Gasteiger partial charge in [0.2, 0.25) is 0 Å². The second-order valence-electron chi connectivity index (χ2n) is 5.17. The number of aliphatic hydroxyl groups excluding tert-OH is 1. The first-order valence-electron chi connectivity index (χ1n) is 5.44. The standard InChI is InChI=1S/C11H22O4/c1-8-13-7-10(14-8)15-9(6-12)5-11(2,3)4/h8-10,12H,5-7H2,1-4H3. The van der Waals surface area contributed by atoms with Crippen molar-refractivity contribution >= 4 is 0 Å². The molecule has 4 nitrogen and oxygen atoms in total. The van der Waals surface area contributed by atoms with Gasteiger partial charge in [-0.05, 0) is 18.8 Å². The van der Waals surface area contributed by atoms with E-state index in [-0.39, 0.29) is 30.7 Å². The van der Waals surface area contributed by atoms with Crippen LogP contribution in [-0.4, -0.2) is 37.0 Å². The number of ether oxygens (including phenoxy) is 3. The molecule has 1 rings (SSSR count). The molecule has 4 heteroatoms. The second-order valence-corrected chi connectivity index (χ2v) is 5.17. The van der Waals surface area contributed by atoms with E-state index in [1.807, 2.05) is 6.92 Å². The van der Waals surface area contributed by atoms with Crippen molar-refractivity contribution in [3.63, 3.8) is 0 Å².